The fourth-order valence-corrected chi connectivity index (χ4v) is 2.92. The van der Waals surface area contributed by atoms with Gasteiger partial charge in [0.1, 0.15) is 0 Å². The second-order valence-corrected chi connectivity index (χ2v) is 5.51. The molecule has 2 heteroatoms. The van der Waals surface area contributed by atoms with Gasteiger partial charge in [0.25, 0.3) is 0 Å². The third-order valence-electron chi connectivity index (χ3n) is 4.00. The molecule has 0 bridgehead atoms. The largest absolute Gasteiger partial charge is 0.385 e. The van der Waals surface area contributed by atoms with Crippen molar-refractivity contribution in [3.63, 3.8) is 0 Å². The molecule has 0 unspecified atom stereocenters. The van der Waals surface area contributed by atoms with Crippen LogP contribution in [0.5, 0.6) is 0 Å². The highest BCUT2D eigenvalue weighted by Crippen LogP contribution is 2.27. The standard InChI is InChI=1S/C15H31NO/c1-3-7-14-8-10-15(11-9-14)16-12-5-4-6-13-17-2/h14-16H,3-13H2,1-2H3. The summed E-state index contributed by atoms with van der Waals surface area (Å²) >= 11 is 0. The number of rotatable bonds is 9. The summed E-state index contributed by atoms with van der Waals surface area (Å²) < 4.78 is 5.05. The predicted octanol–water partition coefficient (Wildman–Crippen LogP) is 3.75. The van der Waals surface area contributed by atoms with Crippen molar-refractivity contribution in [2.75, 3.05) is 20.3 Å². The summed E-state index contributed by atoms with van der Waals surface area (Å²) in [4.78, 5) is 0. The zero-order chi connectivity index (χ0) is 12.3. The first kappa shape index (κ1) is 15.0. The predicted molar refractivity (Wildman–Crippen MR) is 74.4 cm³/mol. The quantitative estimate of drug-likeness (QED) is 0.621. The van der Waals surface area contributed by atoms with Crippen LogP contribution in [0.4, 0.5) is 0 Å². The molecule has 1 aliphatic carbocycles. The number of hydrogen-bond donors (Lipinski definition) is 1. The Kier molecular flexibility index (Phi) is 8.72. The summed E-state index contributed by atoms with van der Waals surface area (Å²) in [5.74, 6) is 1.03. The van der Waals surface area contributed by atoms with Crippen LogP contribution in [0.3, 0.4) is 0 Å². The van der Waals surface area contributed by atoms with Gasteiger partial charge in [0, 0.05) is 19.8 Å². The maximum absolute atomic E-state index is 5.05. The van der Waals surface area contributed by atoms with Crippen LogP contribution >= 0.6 is 0 Å². The molecule has 0 saturated heterocycles. The summed E-state index contributed by atoms with van der Waals surface area (Å²) in [6.45, 7) is 4.43. The van der Waals surface area contributed by atoms with Crippen molar-refractivity contribution >= 4 is 0 Å². The van der Waals surface area contributed by atoms with E-state index in [0.717, 1.165) is 18.6 Å². The minimum absolute atomic E-state index is 0.811. The van der Waals surface area contributed by atoms with Crippen LogP contribution in [0.1, 0.15) is 64.7 Å². The van der Waals surface area contributed by atoms with Crippen LogP contribution in [0.15, 0.2) is 0 Å². The van der Waals surface area contributed by atoms with Gasteiger partial charge in [-0.1, -0.05) is 19.8 Å². The highest BCUT2D eigenvalue weighted by molar-refractivity contribution is 4.76. The van der Waals surface area contributed by atoms with Gasteiger partial charge < -0.3 is 10.1 Å². The van der Waals surface area contributed by atoms with Gasteiger partial charge in [-0.25, -0.2) is 0 Å². The topological polar surface area (TPSA) is 21.3 Å². The number of methoxy groups -OCH3 is 1. The van der Waals surface area contributed by atoms with E-state index in [1.165, 1.54) is 64.3 Å². The molecule has 1 fully saturated rings. The Balaban J connectivity index is 1.91. The van der Waals surface area contributed by atoms with E-state index in [4.69, 9.17) is 4.74 Å². The van der Waals surface area contributed by atoms with Crippen molar-refractivity contribution in [1.82, 2.24) is 5.32 Å². The van der Waals surface area contributed by atoms with Gasteiger partial charge in [-0.05, 0) is 57.4 Å². The molecule has 0 atom stereocenters. The van der Waals surface area contributed by atoms with E-state index in [9.17, 15) is 0 Å². The highest BCUT2D eigenvalue weighted by Gasteiger charge is 2.19. The average molecular weight is 241 g/mol. The third kappa shape index (κ3) is 7.05. The fraction of sp³-hybridized carbons (Fsp3) is 1.00. The van der Waals surface area contributed by atoms with E-state index in [-0.39, 0.29) is 0 Å². The fourth-order valence-electron chi connectivity index (χ4n) is 2.92. The first-order chi connectivity index (χ1) is 8.36. The van der Waals surface area contributed by atoms with Crippen molar-refractivity contribution in [2.24, 2.45) is 5.92 Å². The van der Waals surface area contributed by atoms with Crippen LogP contribution in [0.2, 0.25) is 0 Å². The second kappa shape index (κ2) is 9.90. The molecule has 1 saturated carbocycles. The summed E-state index contributed by atoms with van der Waals surface area (Å²) in [6, 6.07) is 0.811. The van der Waals surface area contributed by atoms with Crippen LogP contribution < -0.4 is 5.32 Å². The van der Waals surface area contributed by atoms with Crippen molar-refractivity contribution < 1.29 is 4.74 Å². The van der Waals surface area contributed by atoms with Crippen molar-refractivity contribution in [3.05, 3.63) is 0 Å². The van der Waals surface area contributed by atoms with E-state index in [2.05, 4.69) is 12.2 Å². The zero-order valence-electron chi connectivity index (χ0n) is 11.8. The number of nitrogens with one attached hydrogen (secondary N) is 1. The molecule has 0 heterocycles. The summed E-state index contributed by atoms with van der Waals surface area (Å²) in [7, 11) is 1.78. The molecule has 2 nitrogen and oxygen atoms in total. The molecule has 0 aliphatic heterocycles. The molecule has 0 aromatic heterocycles. The van der Waals surface area contributed by atoms with Gasteiger partial charge in [-0.15, -0.1) is 0 Å². The van der Waals surface area contributed by atoms with E-state index in [0.29, 0.717) is 0 Å². The SMILES string of the molecule is CCCC1CCC(NCCCCCOC)CC1. The first-order valence-corrected chi connectivity index (χ1v) is 7.59. The summed E-state index contributed by atoms with van der Waals surface area (Å²) in [5.41, 5.74) is 0. The molecule has 0 aromatic rings. The Morgan fingerprint density at radius 1 is 1.06 bits per heavy atom. The van der Waals surface area contributed by atoms with E-state index < -0.39 is 0 Å². The van der Waals surface area contributed by atoms with E-state index >= 15 is 0 Å². The van der Waals surface area contributed by atoms with Gasteiger partial charge in [-0.3, -0.25) is 0 Å². The molecule has 0 amide bonds. The second-order valence-electron chi connectivity index (χ2n) is 5.51. The van der Waals surface area contributed by atoms with Crippen molar-refractivity contribution in [2.45, 2.75) is 70.8 Å². The third-order valence-corrected chi connectivity index (χ3v) is 4.00. The van der Waals surface area contributed by atoms with Gasteiger partial charge in [0.15, 0.2) is 0 Å². The molecule has 17 heavy (non-hydrogen) atoms. The molecule has 1 aliphatic rings. The van der Waals surface area contributed by atoms with E-state index in [1.807, 2.05) is 0 Å². The minimum atomic E-state index is 0.811. The van der Waals surface area contributed by atoms with Gasteiger partial charge in [0.05, 0.1) is 0 Å². The van der Waals surface area contributed by atoms with Crippen LogP contribution in [-0.4, -0.2) is 26.3 Å². The van der Waals surface area contributed by atoms with Crippen LogP contribution in [-0.2, 0) is 4.74 Å². The Morgan fingerprint density at radius 2 is 1.82 bits per heavy atom. The lowest BCUT2D eigenvalue weighted by Gasteiger charge is -2.29. The first-order valence-electron chi connectivity index (χ1n) is 7.59. The molecule has 1 N–H and O–H groups in total. The van der Waals surface area contributed by atoms with E-state index in [1.54, 1.807) is 7.11 Å². The normalized spacial score (nSPS) is 25.1. The van der Waals surface area contributed by atoms with Gasteiger partial charge >= 0.3 is 0 Å². The monoisotopic (exact) mass is 241 g/mol. The smallest absolute Gasteiger partial charge is 0.0462 e. The Bertz CT molecular complexity index is 164. The maximum atomic E-state index is 5.05. The van der Waals surface area contributed by atoms with Crippen LogP contribution in [0.25, 0.3) is 0 Å². The lowest BCUT2D eigenvalue weighted by molar-refractivity contribution is 0.191. The zero-order valence-corrected chi connectivity index (χ0v) is 11.8. The van der Waals surface area contributed by atoms with Gasteiger partial charge in [0.2, 0.25) is 0 Å². The maximum Gasteiger partial charge on any atom is 0.0462 e. The molecule has 102 valence electrons. The molecular weight excluding hydrogens is 210 g/mol. The molecule has 0 radical (unpaired) electrons. The van der Waals surface area contributed by atoms with Crippen molar-refractivity contribution in [3.8, 4) is 0 Å². The van der Waals surface area contributed by atoms with Crippen LogP contribution in [0, 0.1) is 5.92 Å². The summed E-state index contributed by atoms with van der Waals surface area (Å²) in [6.07, 6.45) is 12.3. The number of unbranched alkanes of at least 4 members (excludes halogenated alkanes) is 2. The number of hydrogen-bond acceptors (Lipinski definition) is 2. The lowest BCUT2D eigenvalue weighted by atomic mass is 9.83. The minimum Gasteiger partial charge on any atom is -0.385 e. The molecular formula is C15H31NO. The Hall–Kier alpha value is -0.0800. The Labute approximate surface area is 108 Å². The average Bonchev–Trinajstić information content (AvgIpc) is 2.36. The lowest BCUT2D eigenvalue weighted by Crippen LogP contribution is -2.33. The molecule has 1 rings (SSSR count). The Morgan fingerprint density at radius 3 is 2.47 bits per heavy atom. The molecule has 0 spiro atoms. The molecule has 0 aromatic carbocycles. The summed E-state index contributed by atoms with van der Waals surface area (Å²) in [5, 5.41) is 3.72. The highest BCUT2D eigenvalue weighted by atomic mass is 16.5. The van der Waals surface area contributed by atoms with Gasteiger partial charge in [-0.2, -0.15) is 0 Å². The number of ether oxygens (including phenoxy) is 1. The van der Waals surface area contributed by atoms with Crippen molar-refractivity contribution in [1.29, 1.82) is 0 Å².